The molecule has 0 N–H and O–H groups in total. The highest BCUT2D eigenvalue weighted by Gasteiger charge is 2.45. The fraction of sp³-hybridized carbons (Fsp3) is 0.474. The van der Waals surface area contributed by atoms with Crippen molar-refractivity contribution in [1.82, 2.24) is 9.88 Å². The van der Waals surface area contributed by atoms with Crippen molar-refractivity contribution in [2.45, 2.75) is 37.9 Å². The van der Waals surface area contributed by atoms with E-state index in [1.54, 1.807) is 18.5 Å². The Morgan fingerprint density at radius 3 is 3.08 bits per heavy atom. The minimum atomic E-state index is -0.317. The van der Waals surface area contributed by atoms with E-state index < -0.39 is 0 Å². The molecular formula is C19H22N2O4. The van der Waals surface area contributed by atoms with Crippen LogP contribution in [0.5, 0.6) is 5.75 Å². The van der Waals surface area contributed by atoms with Gasteiger partial charge in [0.15, 0.2) is 5.76 Å². The molecule has 2 aliphatic rings. The molecule has 4 heterocycles. The molecule has 0 aliphatic carbocycles. The van der Waals surface area contributed by atoms with E-state index in [0.717, 1.165) is 37.3 Å². The van der Waals surface area contributed by atoms with Crippen molar-refractivity contribution in [1.29, 1.82) is 0 Å². The molecule has 0 saturated carbocycles. The highest BCUT2D eigenvalue weighted by Crippen LogP contribution is 2.36. The van der Waals surface area contributed by atoms with Gasteiger partial charge in [-0.15, -0.1) is 0 Å². The summed E-state index contributed by atoms with van der Waals surface area (Å²) in [6.45, 7) is 3.70. The molecule has 2 atom stereocenters. The summed E-state index contributed by atoms with van der Waals surface area (Å²) >= 11 is 0. The van der Waals surface area contributed by atoms with Crippen LogP contribution >= 0.6 is 0 Å². The quantitative estimate of drug-likeness (QED) is 0.858. The van der Waals surface area contributed by atoms with Crippen molar-refractivity contribution < 1.29 is 18.7 Å². The van der Waals surface area contributed by atoms with Gasteiger partial charge >= 0.3 is 0 Å². The summed E-state index contributed by atoms with van der Waals surface area (Å²) in [4.78, 5) is 18.6. The molecule has 2 aromatic rings. The second-order valence-corrected chi connectivity index (χ2v) is 6.87. The Labute approximate surface area is 146 Å². The molecule has 2 aliphatic heterocycles. The number of rotatable bonds is 3. The van der Waals surface area contributed by atoms with Crippen LogP contribution in [0.4, 0.5) is 0 Å². The smallest absolute Gasteiger partial charge is 0.289 e. The van der Waals surface area contributed by atoms with E-state index in [1.165, 1.54) is 0 Å². The molecule has 0 bridgehead atoms. The first-order valence-corrected chi connectivity index (χ1v) is 8.70. The monoisotopic (exact) mass is 342 g/mol. The number of nitrogens with zero attached hydrogens (tertiary/aromatic N) is 2. The standard InChI is InChI=1S/C19H22N2O4/c1-14-5-6-17(24-14)18(22)21-9-3-7-19(13-21)10-16(12-23-19)25-15-4-2-8-20-11-15/h2,4-6,8,11,16H,3,7,9-10,12-13H2,1H3/t16-,19-/m0/s1. The van der Waals surface area contributed by atoms with Crippen molar-refractivity contribution in [3.05, 3.63) is 48.2 Å². The molecule has 0 radical (unpaired) electrons. The van der Waals surface area contributed by atoms with E-state index >= 15 is 0 Å². The maximum Gasteiger partial charge on any atom is 0.289 e. The summed E-state index contributed by atoms with van der Waals surface area (Å²) in [5, 5.41) is 0. The predicted octanol–water partition coefficient (Wildman–Crippen LogP) is 2.83. The minimum Gasteiger partial charge on any atom is -0.486 e. The molecule has 6 nitrogen and oxygen atoms in total. The molecule has 2 fully saturated rings. The SMILES string of the molecule is Cc1ccc(C(=O)N2CCC[C@]3(C[C@H](Oc4cccnc4)CO3)C2)o1. The number of aryl methyl sites for hydroxylation is 1. The summed E-state index contributed by atoms with van der Waals surface area (Å²) < 4.78 is 17.6. The maximum absolute atomic E-state index is 12.7. The molecule has 0 aromatic carbocycles. The van der Waals surface area contributed by atoms with E-state index in [4.69, 9.17) is 13.9 Å². The normalized spacial score (nSPS) is 26.1. The average Bonchev–Trinajstić information content (AvgIpc) is 3.22. The Balaban J connectivity index is 1.41. The number of amides is 1. The van der Waals surface area contributed by atoms with Crippen LogP contribution in [-0.2, 0) is 4.74 Å². The molecule has 2 aromatic heterocycles. The number of ether oxygens (including phenoxy) is 2. The Kier molecular flexibility index (Phi) is 4.21. The lowest BCUT2D eigenvalue weighted by atomic mass is 9.89. The van der Waals surface area contributed by atoms with Crippen LogP contribution in [0.1, 0.15) is 35.6 Å². The number of likely N-dealkylation sites (tertiary alicyclic amines) is 1. The summed E-state index contributed by atoms with van der Waals surface area (Å²) in [5.41, 5.74) is -0.317. The van der Waals surface area contributed by atoms with Crippen molar-refractivity contribution >= 4 is 5.91 Å². The first kappa shape index (κ1) is 16.1. The van der Waals surface area contributed by atoms with E-state index in [-0.39, 0.29) is 17.6 Å². The Morgan fingerprint density at radius 1 is 1.40 bits per heavy atom. The lowest BCUT2D eigenvalue weighted by Gasteiger charge is -2.39. The third kappa shape index (κ3) is 3.39. The van der Waals surface area contributed by atoms with E-state index in [2.05, 4.69) is 4.98 Å². The molecule has 132 valence electrons. The number of aromatic nitrogens is 1. The number of hydrogen-bond acceptors (Lipinski definition) is 5. The first-order valence-electron chi connectivity index (χ1n) is 8.70. The van der Waals surface area contributed by atoms with Gasteiger partial charge in [0, 0.05) is 19.2 Å². The third-order valence-electron chi connectivity index (χ3n) is 4.89. The summed E-state index contributed by atoms with van der Waals surface area (Å²) in [6, 6.07) is 7.31. The van der Waals surface area contributed by atoms with Gasteiger partial charge in [-0.05, 0) is 44.0 Å². The molecule has 25 heavy (non-hydrogen) atoms. The summed E-state index contributed by atoms with van der Waals surface area (Å²) in [6.07, 6.45) is 6.07. The van der Waals surface area contributed by atoms with Crippen molar-refractivity contribution in [2.24, 2.45) is 0 Å². The van der Waals surface area contributed by atoms with E-state index in [9.17, 15) is 4.79 Å². The van der Waals surface area contributed by atoms with Crippen molar-refractivity contribution in [3.63, 3.8) is 0 Å². The highest BCUT2D eigenvalue weighted by molar-refractivity contribution is 5.91. The molecule has 4 rings (SSSR count). The van der Waals surface area contributed by atoms with Crippen LogP contribution < -0.4 is 4.74 Å². The largest absolute Gasteiger partial charge is 0.486 e. The van der Waals surface area contributed by atoms with Crippen molar-refractivity contribution in [3.8, 4) is 5.75 Å². The van der Waals surface area contributed by atoms with Gasteiger partial charge in [-0.1, -0.05) is 0 Å². The third-order valence-corrected chi connectivity index (χ3v) is 4.89. The van der Waals surface area contributed by atoms with Gasteiger partial charge in [0.2, 0.25) is 0 Å². The Bertz CT molecular complexity index is 745. The van der Waals surface area contributed by atoms with Crippen LogP contribution in [0.25, 0.3) is 0 Å². The zero-order valence-electron chi connectivity index (χ0n) is 14.3. The zero-order valence-corrected chi connectivity index (χ0v) is 14.3. The number of carbonyl (C=O) groups is 1. The number of piperidine rings is 1. The zero-order chi connectivity index (χ0) is 17.3. The second-order valence-electron chi connectivity index (χ2n) is 6.87. The second kappa shape index (κ2) is 6.52. The lowest BCUT2D eigenvalue weighted by molar-refractivity contribution is -0.0459. The van der Waals surface area contributed by atoms with Crippen LogP contribution in [0, 0.1) is 6.92 Å². The average molecular weight is 342 g/mol. The van der Waals surface area contributed by atoms with Crippen LogP contribution in [0.2, 0.25) is 0 Å². The van der Waals surface area contributed by atoms with Gasteiger partial charge in [0.1, 0.15) is 17.6 Å². The summed E-state index contributed by atoms with van der Waals surface area (Å²) in [7, 11) is 0. The van der Waals surface area contributed by atoms with Gasteiger partial charge < -0.3 is 18.8 Å². The predicted molar refractivity (Wildman–Crippen MR) is 90.5 cm³/mol. The summed E-state index contributed by atoms with van der Waals surface area (Å²) in [5.74, 6) is 1.84. The molecule has 1 amide bonds. The minimum absolute atomic E-state index is 0.00916. The molecule has 1 spiro atoms. The Hall–Kier alpha value is -2.34. The number of hydrogen-bond donors (Lipinski definition) is 0. The van der Waals surface area contributed by atoms with Crippen LogP contribution in [-0.4, -0.2) is 47.2 Å². The van der Waals surface area contributed by atoms with Gasteiger partial charge in [-0.2, -0.15) is 0 Å². The number of furan rings is 1. The fourth-order valence-corrected chi connectivity index (χ4v) is 3.75. The first-order chi connectivity index (χ1) is 12.1. The Morgan fingerprint density at radius 2 is 2.32 bits per heavy atom. The van der Waals surface area contributed by atoms with Gasteiger partial charge in [0.05, 0.1) is 24.9 Å². The maximum atomic E-state index is 12.7. The van der Waals surface area contributed by atoms with E-state index in [1.807, 2.05) is 30.0 Å². The van der Waals surface area contributed by atoms with E-state index in [0.29, 0.717) is 18.9 Å². The topological polar surface area (TPSA) is 64.8 Å². The lowest BCUT2D eigenvalue weighted by Crippen LogP contribution is -2.50. The highest BCUT2D eigenvalue weighted by atomic mass is 16.6. The van der Waals surface area contributed by atoms with Gasteiger partial charge in [-0.25, -0.2) is 0 Å². The molecule has 2 saturated heterocycles. The van der Waals surface area contributed by atoms with Gasteiger partial charge in [0.25, 0.3) is 5.91 Å². The number of carbonyl (C=O) groups excluding carboxylic acids is 1. The van der Waals surface area contributed by atoms with Crippen LogP contribution in [0.15, 0.2) is 41.1 Å². The molecular weight excluding hydrogens is 320 g/mol. The van der Waals surface area contributed by atoms with Crippen LogP contribution in [0.3, 0.4) is 0 Å². The molecule has 0 unspecified atom stereocenters. The fourth-order valence-electron chi connectivity index (χ4n) is 3.75. The van der Waals surface area contributed by atoms with Gasteiger partial charge in [-0.3, -0.25) is 9.78 Å². The molecule has 6 heteroatoms. The van der Waals surface area contributed by atoms with Crippen molar-refractivity contribution in [2.75, 3.05) is 19.7 Å². The number of pyridine rings is 1.